The molecule has 0 aromatic heterocycles. The van der Waals surface area contributed by atoms with Gasteiger partial charge >= 0.3 is 6.03 Å². The normalized spacial score (nSPS) is 20.6. The van der Waals surface area contributed by atoms with Gasteiger partial charge in [0.2, 0.25) is 0 Å². The second-order valence-electron chi connectivity index (χ2n) is 8.40. The number of aliphatic imine (C=N–C) groups is 1. The molecule has 1 aromatic rings. The van der Waals surface area contributed by atoms with Crippen LogP contribution in [0.2, 0.25) is 10.0 Å². The van der Waals surface area contributed by atoms with Crippen LogP contribution in [0.25, 0.3) is 5.57 Å². The third kappa shape index (κ3) is 5.80. The fraction of sp³-hybridized carbons (Fsp3) is 0.565. The summed E-state index contributed by atoms with van der Waals surface area (Å²) in [5, 5.41) is 4.01. The molecule has 0 radical (unpaired) electrons. The SMILES string of the molecule is COCCC1C=C(c2ccc(C(C)NC(=O)N(C)C3CCN(C)CC3)c(Cl)c2Cl)C=N1. The summed E-state index contributed by atoms with van der Waals surface area (Å²) in [6, 6.07) is 3.87. The number of hydrogen-bond donors (Lipinski definition) is 1. The van der Waals surface area contributed by atoms with Crippen molar-refractivity contribution in [2.75, 3.05) is 40.9 Å². The van der Waals surface area contributed by atoms with Crippen molar-refractivity contribution >= 4 is 41.0 Å². The Labute approximate surface area is 195 Å². The summed E-state index contributed by atoms with van der Waals surface area (Å²) in [4.78, 5) is 21.4. The van der Waals surface area contributed by atoms with Gasteiger partial charge in [-0.1, -0.05) is 41.4 Å². The Balaban J connectivity index is 1.67. The van der Waals surface area contributed by atoms with Crippen LogP contribution in [0.4, 0.5) is 4.79 Å². The van der Waals surface area contributed by atoms with E-state index in [1.165, 1.54) is 0 Å². The van der Waals surface area contributed by atoms with Crippen molar-refractivity contribution < 1.29 is 9.53 Å². The van der Waals surface area contributed by atoms with E-state index in [-0.39, 0.29) is 24.2 Å². The zero-order valence-electron chi connectivity index (χ0n) is 18.7. The Hall–Kier alpha value is -1.60. The number of benzene rings is 1. The highest BCUT2D eigenvalue weighted by Crippen LogP contribution is 2.37. The fourth-order valence-corrected chi connectivity index (χ4v) is 4.67. The number of nitrogens with one attached hydrogen (secondary N) is 1. The van der Waals surface area contributed by atoms with Gasteiger partial charge in [0.25, 0.3) is 0 Å². The second kappa shape index (κ2) is 10.8. The van der Waals surface area contributed by atoms with E-state index >= 15 is 0 Å². The lowest BCUT2D eigenvalue weighted by Crippen LogP contribution is -2.48. The molecule has 2 atom stereocenters. The summed E-state index contributed by atoms with van der Waals surface area (Å²) >= 11 is 13.2. The van der Waals surface area contributed by atoms with E-state index in [4.69, 9.17) is 27.9 Å². The molecular weight excluding hydrogens is 435 g/mol. The highest BCUT2D eigenvalue weighted by atomic mass is 35.5. The van der Waals surface area contributed by atoms with Gasteiger partial charge in [-0.25, -0.2) is 4.79 Å². The monoisotopic (exact) mass is 466 g/mol. The van der Waals surface area contributed by atoms with Crippen LogP contribution in [-0.2, 0) is 4.74 Å². The first kappa shape index (κ1) is 24.1. The number of nitrogens with zero attached hydrogens (tertiary/aromatic N) is 3. The van der Waals surface area contributed by atoms with Crippen molar-refractivity contribution in [1.29, 1.82) is 0 Å². The standard InChI is InChI=1S/C23H32Cl2N4O2/c1-15(27-23(30)29(3)18-7-10-28(2)11-8-18)19-5-6-20(22(25)21(19)24)16-13-17(26-14-16)9-12-31-4/h5-6,13-15,17-18H,7-12H2,1-4H3,(H,27,30). The average Bonchev–Trinajstić information content (AvgIpc) is 3.22. The van der Waals surface area contributed by atoms with Crippen LogP contribution in [0.5, 0.6) is 0 Å². The molecule has 6 nitrogen and oxygen atoms in total. The van der Waals surface area contributed by atoms with E-state index in [1.54, 1.807) is 7.11 Å². The number of rotatable bonds is 7. The molecule has 1 fully saturated rings. The molecule has 2 unspecified atom stereocenters. The van der Waals surface area contributed by atoms with Crippen molar-refractivity contribution in [1.82, 2.24) is 15.1 Å². The van der Waals surface area contributed by atoms with E-state index in [9.17, 15) is 4.79 Å². The topological polar surface area (TPSA) is 57.2 Å². The predicted octanol–water partition coefficient (Wildman–Crippen LogP) is 4.66. The lowest BCUT2D eigenvalue weighted by molar-refractivity contribution is 0.146. The summed E-state index contributed by atoms with van der Waals surface area (Å²) in [6.45, 7) is 4.59. The third-order valence-electron chi connectivity index (χ3n) is 6.18. The van der Waals surface area contributed by atoms with Gasteiger partial charge in [0.05, 0.1) is 22.1 Å². The number of hydrogen-bond acceptors (Lipinski definition) is 4. The van der Waals surface area contributed by atoms with Gasteiger partial charge in [-0.05, 0) is 57.5 Å². The van der Waals surface area contributed by atoms with Gasteiger partial charge in [-0.15, -0.1) is 0 Å². The fourth-order valence-electron chi connectivity index (χ4n) is 4.06. The zero-order valence-corrected chi connectivity index (χ0v) is 20.2. The van der Waals surface area contributed by atoms with Crippen molar-refractivity contribution in [2.24, 2.45) is 4.99 Å². The summed E-state index contributed by atoms with van der Waals surface area (Å²) < 4.78 is 5.13. The first-order valence-corrected chi connectivity index (χ1v) is 11.5. The molecule has 1 N–H and O–H groups in total. The predicted molar refractivity (Wildman–Crippen MR) is 128 cm³/mol. The maximum absolute atomic E-state index is 12.8. The molecule has 2 aliphatic heterocycles. The molecule has 170 valence electrons. The minimum atomic E-state index is -0.263. The molecule has 3 rings (SSSR count). The molecule has 2 aliphatic rings. The average molecular weight is 467 g/mol. The van der Waals surface area contributed by atoms with Gasteiger partial charge < -0.3 is 19.9 Å². The quantitative estimate of drug-likeness (QED) is 0.635. The van der Waals surface area contributed by atoms with Crippen molar-refractivity contribution in [3.05, 3.63) is 39.4 Å². The zero-order chi connectivity index (χ0) is 22.5. The maximum Gasteiger partial charge on any atom is 0.317 e. The van der Waals surface area contributed by atoms with Crippen molar-refractivity contribution in [2.45, 2.75) is 44.3 Å². The van der Waals surface area contributed by atoms with Crippen LogP contribution in [-0.4, -0.2) is 75.0 Å². The molecular formula is C23H32Cl2N4O2. The third-order valence-corrected chi connectivity index (χ3v) is 7.08. The molecule has 1 aromatic carbocycles. The Morgan fingerprint density at radius 2 is 2.03 bits per heavy atom. The van der Waals surface area contributed by atoms with Crippen LogP contribution < -0.4 is 5.32 Å². The molecule has 31 heavy (non-hydrogen) atoms. The van der Waals surface area contributed by atoms with Gasteiger partial charge in [0.1, 0.15) is 0 Å². The molecule has 0 saturated carbocycles. The van der Waals surface area contributed by atoms with Crippen LogP contribution in [0.15, 0.2) is 23.2 Å². The van der Waals surface area contributed by atoms with E-state index in [1.807, 2.05) is 37.2 Å². The van der Waals surface area contributed by atoms with Crippen LogP contribution in [0, 0.1) is 0 Å². The molecule has 1 saturated heterocycles. The Morgan fingerprint density at radius 3 is 2.71 bits per heavy atom. The first-order valence-electron chi connectivity index (χ1n) is 10.8. The summed E-state index contributed by atoms with van der Waals surface area (Å²) in [5.74, 6) is 0. The number of allylic oxidation sites excluding steroid dienone is 1. The first-order chi connectivity index (χ1) is 14.8. The van der Waals surface area contributed by atoms with Crippen molar-refractivity contribution in [3.8, 4) is 0 Å². The van der Waals surface area contributed by atoms with Crippen LogP contribution >= 0.6 is 23.2 Å². The number of carbonyl (C=O) groups excluding carboxylic acids is 1. The number of ether oxygens (including phenoxy) is 1. The molecule has 0 bridgehead atoms. The van der Waals surface area contributed by atoms with E-state index in [2.05, 4.69) is 28.3 Å². The smallest absolute Gasteiger partial charge is 0.317 e. The minimum Gasteiger partial charge on any atom is -0.385 e. The van der Waals surface area contributed by atoms with Crippen LogP contribution in [0.1, 0.15) is 43.4 Å². The minimum absolute atomic E-state index is 0.0926. The number of methoxy groups -OCH3 is 1. The molecule has 0 aliphatic carbocycles. The molecule has 2 heterocycles. The van der Waals surface area contributed by atoms with E-state index in [0.29, 0.717) is 16.7 Å². The maximum atomic E-state index is 12.8. The van der Waals surface area contributed by atoms with Gasteiger partial charge in [-0.3, -0.25) is 4.99 Å². The van der Waals surface area contributed by atoms with E-state index in [0.717, 1.165) is 49.1 Å². The summed E-state index contributed by atoms with van der Waals surface area (Å²) in [6.07, 6.45) is 6.71. The second-order valence-corrected chi connectivity index (χ2v) is 9.15. The number of piperidine rings is 1. The van der Waals surface area contributed by atoms with Crippen LogP contribution in [0.3, 0.4) is 0 Å². The number of carbonyl (C=O) groups is 1. The number of amides is 2. The van der Waals surface area contributed by atoms with Gasteiger partial charge in [-0.2, -0.15) is 0 Å². The summed E-state index contributed by atoms with van der Waals surface area (Å²) in [7, 11) is 5.66. The summed E-state index contributed by atoms with van der Waals surface area (Å²) in [5.41, 5.74) is 2.60. The largest absolute Gasteiger partial charge is 0.385 e. The number of urea groups is 1. The Morgan fingerprint density at radius 1 is 1.32 bits per heavy atom. The Bertz CT molecular complexity index is 850. The van der Waals surface area contributed by atoms with Crippen molar-refractivity contribution in [3.63, 3.8) is 0 Å². The lowest BCUT2D eigenvalue weighted by atomic mass is 10.0. The molecule has 8 heteroatoms. The lowest BCUT2D eigenvalue weighted by Gasteiger charge is -2.35. The van der Waals surface area contributed by atoms with Gasteiger partial charge in [0.15, 0.2) is 0 Å². The highest BCUT2D eigenvalue weighted by molar-refractivity contribution is 6.44. The van der Waals surface area contributed by atoms with Gasteiger partial charge in [0, 0.05) is 38.6 Å². The number of halogens is 2. The molecule has 2 amide bonds. The Kier molecular flexibility index (Phi) is 8.39. The van der Waals surface area contributed by atoms with E-state index < -0.39 is 0 Å². The number of likely N-dealkylation sites (tertiary alicyclic amines) is 1. The highest BCUT2D eigenvalue weighted by Gasteiger charge is 2.26. The molecule has 0 spiro atoms.